The van der Waals surface area contributed by atoms with E-state index in [0.29, 0.717) is 30.7 Å². The third-order valence-electron chi connectivity index (χ3n) is 17.0. The van der Waals surface area contributed by atoms with Crippen molar-refractivity contribution in [3.8, 4) is 0 Å². The first kappa shape index (κ1) is 61.5. The molecule has 76 heavy (non-hydrogen) atoms. The second-order valence-corrected chi connectivity index (χ2v) is 23.0. The van der Waals surface area contributed by atoms with Crippen molar-refractivity contribution in [2.75, 3.05) is 59.4 Å². The number of methoxy groups -OCH3 is 2. The second-order valence-electron chi connectivity index (χ2n) is 23.0. The highest BCUT2D eigenvalue weighted by Gasteiger charge is 2.54. The maximum Gasteiger partial charge on any atom is 0.341 e. The number of fused-ring (bicyclic) bond motifs is 1. The maximum atomic E-state index is 14.6. The average Bonchev–Trinajstić information content (AvgIpc) is 4.23. The number of nitrogens with zero attached hydrogens (tertiary/aromatic N) is 3. The molecule has 5 heterocycles. The fraction of sp³-hybridized carbons (Fsp3) is 0.782. The molecule has 0 spiro atoms. The summed E-state index contributed by atoms with van der Waals surface area (Å²) in [5.74, 6) is -6.22. The van der Waals surface area contributed by atoms with Crippen LogP contribution in [0.1, 0.15) is 124 Å². The monoisotopic (exact) mass is 1080 g/mol. The fourth-order valence-electron chi connectivity index (χ4n) is 11.9. The topological polar surface area (TPSA) is 257 Å². The molecule has 1 aromatic heterocycles. The summed E-state index contributed by atoms with van der Waals surface area (Å²) in [5, 5.41) is 58.2. The summed E-state index contributed by atoms with van der Waals surface area (Å²) in [6.07, 6.45) is -5.44. The number of ether oxygens (including phenoxy) is 7. The quantitative estimate of drug-likeness (QED) is 0.174. The van der Waals surface area contributed by atoms with Crippen molar-refractivity contribution < 1.29 is 77.5 Å². The van der Waals surface area contributed by atoms with Crippen LogP contribution in [0.4, 0.5) is 10.1 Å². The second kappa shape index (κ2) is 24.8. The molecule has 0 bridgehead atoms. The van der Waals surface area contributed by atoms with Crippen LogP contribution in [0.15, 0.2) is 23.1 Å². The summed E-state index contributed by atoms with van der Waals surface area (Å²) in [5.41, 5.74) is -4.08. The smallest absolute Gasteiger partial charge is 0.341 e. The molecule has 21 heteroatoms. The molecule has 1 aromatic carbocycles. The van der Waals surface area contributed by atoms with E-state index in [9.17, 15) is 49.1 Å². The number of hydrogen-bond donors (Lipinski definition) is 6. The van der Waals surface area contributed by atoms with Crippen LogP contribution < -0.4 is 15.6 Å². The summed E-state index contributed by atoms with van der Waals surface area (Å²) >= 11 is 0. The van der Waals surface area contributed by atoms with E-state index in [-0.39, 0.29) is 54.2 Å². The van der Waals surface area contributed by atoms with Crippen LogP contribution in [0.5, 0.6) is 0 Å². The molecule has 1 saturated carbocycles. The van der Waals surface area contributed by atoms with E-state index in [1.165, 1.54) is 33.4 Å². The number of halogens is 1. The number of benzene rings is 1. The lowest BCUT2D eigenvalue weighted by atomic mass is 9.74. The Hall–Kier alpha value is -3.71. The normalized spacial score (nSPS) is 39.3. The number of carboxylic acids is 1. The van der Waals surface area contributed by atoms with E-state index in [2.05, 4.69) is 5.32 Å². The minimum atomic E-state index is -1.96. The van der Waals surface area contributed by atoms with E-state index in [0.717, 1.165) is 25.9 Å². The molecule has 7 rings (SSSR count). The van der Waals surface area contributed by atoms with Crippen LogP contribution in [0.3, 0.4) is 0 Å². The van der Waals surface area contributed by atoms with E-state index in [4.69, 9.17) is 33.2 Å². The molecule has 1 aliphatic carbocycles. The summed E-state index contributed by atoms with van der Waals surface area (Å²) in [6.45, 7) is 20.0. The Labute approximate surface area is 446 Å². The number of aliphatic hydroxyl groups excluding tert-OH is 3. The van der Waals surface area contributed by atoms with Crippen LogP contribution in [0.2, 0.25) is 0 Å². The van der Waals surface area contributed by atoms with Crippen LogP contribution in [-0.4, -0.2) is 191 Å². The predicted octanol–water partition coefficient (Wildman–Crippen LogP) is 4.02. The molecule has 0 amide bonds. The Kier molecular flexibility index (Phi) is 20.0. The molecule has 5 fully saturated rings. The molecule has 4 saturated heterocycles. The Morgan fingerprint density at radius 3 is 2.09 bits per heavy atom. The van der Waals surface area contributed by atoms with Crippen molar-refractivity contribution in [1.82, 2.24) is 14.8 Å². The Bertz CT molecular complexity index is 2400. The van der Waals surface area contributed by atoms with Crippen molar-refractivity contribution in [1.29, 1.82) is 0 Å². The molecule has 20 nitrogen and oxygen atoms in total. The maximum absolute atomic E-state index is 14.6. The van der Waals surface area contributed by atoms with Gasteiger partial charge in [-0.15, -0.1) is 0 Å². The zero-order chi connectivity index (χ0) is 56.5. The van der Waals surface area contributed by atoms with Gasteiger partial charge in [0.2, 0.25) is 5.43 Å². The van der Waals surface area contributed by atoms with E-state index in [1.807, 2.05) is 42.3 Å². The van der Waals surface area contributed by atoms with Crippen molar-refractivity contribution in [2.45, 2.75) is 198 Å². The van der Waals surface area contributed by atoms with E-state index < -0.39 is 119 Å². The third kappa shape index (κ3) is 13.0. The van der Waals surface area contributed by atoms with Crippen LogP contribution >= 0.6 is 0 Å². The lowest BCUT2D eigenvalue weighted by molar-refractivity contribution is -0.319. The zero-order valence-corrected chi connectivity index (χ0v) is 47.0. The number of aromatic nitrogens is 1. The van der Waals surface area contributed by atoms with Crippen LogP contribution in [0, 0.1) is 29.5 Å². The minimum absolute atomic E-state index is 0.111. The molecule has 4 aliphatic heterocycles. The number of aliphatic hydroxyl groups is 4. The number of pyridine rings is 1. The van der Waals surface area contributed by atoms with Crippen molar-refractivity contribution in [3.05, 3.63) is 39.9 Å². The Morgan fingerprint density at radius 1 is 0.895 bits per heavy atom. The summed E-state index contributed by atoms with van der Waals surface area (Å²) < 4.78 is 60.3. The minimum Gasteiger partial charge on any atom is -0.477 e. The molecule has 0 radical (unpaired) electrons. The lowest BCUT2D eigenvalue weighted by Crippen LogP contribution is -2.61. The van der Waals surface area contributed by atoms with Crippen LogP contribution in [0.25, 0.3) is 10.9 Å². The number of piperazine rings is 1. The summed E-state index contributed by atoms with van der Waals surface area (Å²) in [4.78, 5) is 55.8. The summed E-state index contributed by atoms with van der Waals surface area (Å²) in [7, 11) is 6.77. The van der Waals surface area contributed by atoms with Gasteiger partial charge in [-0.2, -0.15) is 0 Å². The fourth-order valence-corrected chi connectivity index (χ4v) is 11.9. The van der Waals surface area contributed by atoms with Crippen molar-refractivity contribution in [3.63, 3.8) is 0 Å². The standard InChI is InChI=1S/C38H69NO13.C17H18FN3O3/c1-15-26-38(10,45)31(42)21(4)28(40)19(2)17-37(9,47-14)33(52-35-29(41)25(39(11)12)16-20(3)48-35)22(5)30(23(6)34(44)50-26)51-27-18-36(8,46-13)32(43)24(7)49-27;18-13-7-11-14(8-15(13)20-5-3-19-4-6-20)21(10-1-2-10)9-12(16(11)22)17(23)24/h19-27,29-33,35,41-43,45H,15-18H2,1-14H3;7-10,19H,1-6H2,(H,23,24)/t19-,20?,21+,22+,23-,24?,25?,26-,27?,29?,30+,31-,32?,33-,35?,36?,37-,38-;/m1./s1. The van der Waals surface area contributed by atoms with Crippen molar-refractivity contribution in [2.24, 2.45) is 23.7 Å². The Morgan fingerprint density at radius 2 is 1.53 bits per heavy atom. The van der Waals surface area contributed by atoms with Gasteiger partial charge in [0.15, 0.2) is 12.6 Å². The number of cyclic esters (lactones) is 1. The zero-order valence-electron chi connectivity index (χ0n) is 47.0. The largest absolute Gasteiger partial charge is 0.477 e. The highest BCUT2D eigenvalue weighted by atomic mass is 19.1. The molecule has 5 aliphatic rings. The Balaban J connectivity index is 0.000000320. The van der Waals surface area contributed by atoms with E-state index >= 15 is 0 Å². The lowest BCUT2D eigenvalue weighted by Gasteiger charge is -2.50. The molecule has 6 N–H and O–H groups in total. The number of carbonyl (C=O) groups is 3. The number of ketones is 1. The van der Waals surface area contributed by atoms with Gasteiger partial charge in [0.05, 0.1) is 58.8 Å². The van der Waals surface area contributed by atoms with Gasteiger partial charge in [-0.3, -0.25) is 14.4 Å². The highest BCUT2D eigenvalue weighted by molar-refractivity contribution is 5.93. The first-order chi connectivity index (χ1) is 35.5. The van der Waals surface area contributed by atoms with E-state index in [1.54, 1.807) is 54.5 Å². The first-order valence-electron chi connectivity index (χ1n) is 27.0. The molecular formula is C55H87FN4O16. The number of Topliss-reactive ketones (excluding diaryl/α,β-unsaturated/α-hetero) is 1. The number of hydrogen-bond acceptors (Lipinski definition) is 18. The van der Waals surface area contributed by atoms with Crippen molar-refractivity contribution >= 4 is 34.3 Å². The number of nitrogens with one attached hydrogen (secondary N) is 1. The van der Waals surface area contributed by atoms with Gasteiger partial charge >= 0.3 is 11.9 Å². The predicted molar refractivity (Wildman–Crippen MR) is 280 cm³/mol. The van der Waals surface area contributed by atoms with Gasteiger partial charge in [0.1, 0.15) is 41.1 Å². The summed E-state index contributed by atoms with van der Waals surface area (Å²) in [6, 6.07) is 2.79. The number of anilines is 1. The molecular weight excluding hydrogens is 992 g/mol. The number of rotatable bonds is 11. The number of aromatic carboxylic acids is 1. The SMILES string of the molecule is CC[C@H]1OC(=O)[C@H](C)[C@@H](OC2CC(C)(OC)C(O)C(C)O2)[C@H](C)[C@@H](OC2OC(C)CC(N(C)C)C2O)[C@](C)(OC)C[C@@H](C)C(=O)[C@H](C)[C@@H](O)[C@]1(C)O.O=C(O)c1cn(C2CC2)c2cc(N3CCNCC3)c(F)cc2c1=O. The highest BCUT2D eigenvalue weighted by Crippen LogP contribution is 2.43. The third-order valence-corrected chi connectivity index (χ3v) is 17.0. The number of carboxylic acid groups (broad SMARTS) is 1. The van der Waals surface area contributed by atoms with Gasteiger partial charge in [0, 0.05) is 88.2 Å². The number of carbonyl (C=O) groups excluding carboxylic acids is 2. The number of esters is 1. The average molecular weight is 1080 g/mol. The van der Waals surface area contributed by atoms with Gasteiger partial charge < -0.3 is 78.4 Å². The van der Waals surface area contributed by atoms with Gasteiger partial charge in [-0.05, 0) is 99.9 Å². The molecule has 430 valence electrons. The first-order valence-corrected chi connectivity index (χ1v) is 27.0. The van der Waals surface area contributed by atoms with Gasteiger partial charge in [-0.1, -0.05) is 27.7 Å². The van der Waals surface area contributed by atoms with Gasteiger partial charge in [-0.25, -0.2) is 9.18 Å². The van der Waals surface area contributed by atoms with Gasteiger partial charge in [0.25, 0.3) is 0 Å². The molecule has 2 aromatic rings. The number of likely N-dealkylation sites (N-methyl/N-ethyl adjacent to an activating group) is 1. The molecule has 8 unspecified atom stereocenters. The van der Waals surface area contributed by atoms with Crippen LogP contribution in [-0.2, 0) is 42.7 Å². The molecule has 18 atom stereocenters.